The van der Waals surface area contributed by atoms with Crippen molar-refractivity contribution in [3.8, 4) is 0 Å². The first-order valence-electron chi connectivity index (χ1n) is 8.81. The molecule has 3 N–H and O–H groups in total. The number of carbonyl (C=O) groups excluding carboxylic acids is 2. The average molecular weight is 407 g/mol. The van der Waals surface area contributed by atoms with Crippen molar-refractivity contribution >= 4 is 38.0 Å². The SMILES string of the molecule is CCS(=O)(=O)c1ccc(C(=O)Nc2sc3c(c2C(N)=O)CC[C@H](C)C3)cc1. The summed E-state index contributed by atoms with van der Waals surface area (Å²) in [4.78, 5) is 25.8. The second-order valence-electron chi connectivity index (χ2n) is 6.80. The van der Waals surface area contributed by atoms with Crippen LogP contribution in [0, 0.1) is 5.92 Å². The van der Waals surface area contributed by atoms with Crippen molar-refractivity contribution in [2.24, 2.45) is 11.7 Å². The smallest absolute Gasteiger partial charge is 0.256 e. The Morgan fingerprint density at radius 3 is 2.52 bits per heavy atom. The molecule has 1 heterocycles. The summed E-state index contributed by atoms with van der Waals surface area (Å²) >= 11 is 1.40. The number of benzene rings is 1. The van der Waals surface area contributed by atoms with E-state index in [-0.39, 0.29) is 10.6 Å². The van der Waals surface area contributed by atoms with Gasteiger partial charge in [-0.25, -0.2) is 8.42 Å². The molecule has 3 rings (SSSR count). The summed E-state index contributed by atoms with van der Waals surface area (Å²) in [7, 11) is -3.32. The van der Waals surface area contributed by atoms with Crippen molar-refractivity contribution in [2.45, 2.75) is 38.0 Å². The Morgan fingerprint density at radius 1 is 1.26 bits per heavy atom. The van der Waals surface area contributed by atoms with E-state index in [2.05, 4.69) is 12.2 Å². The molecular formula is C19H22N2O4S2. The predicted octanol–water partition coefficient (Wildman–Crippen LogP) is 3.02. The number of nitrogens with one attached hydrogen (secondary N) is 1. The van der Waals surface area contributed by atoms with Gasteiger partial charge in [-0.2, -0.15) is 0 Å². The fraction of sp³-hybridized carbons (Fsp3) is 0.368. The lowest BCUT2D eigenvalue weighted by Gasteiger charge is -2.18. The van der Waals surface area contributed by atoms with E-state index in [1.54, 1.807) is 6.92 Å². The van der Waals surface area contributed by atoms with Crippen LogP contribution in [-0.2, 0) is 22.7 Å². The molecule has 2 aromatic rings. The van der Waals surface area contributed by atoms with Gasteiger partial charge in [0.1, 0.15) is 5.00 Å². The molecule has 27 heavy (non-hydrogen) atoms. The topological polar surface area (TPSA) is 106 Å². The Labute approximate surface area is 162 Å². The molecule has 1 aromatic heterocycles. The largest absolute Gasteiger partial charge is 0.365 e. The molecular weight excluding hydrogens is 384 g/mol. The van der Waals surface area contributed by atoms with E-state index >= 15 is 0 Å². The third-order valence-corrected chi connectivity index (χ3v) is 7.76. The molecule has 0 unspecified atom stereocenters. The number of anilines is 1. The number of hydrogen-bond acceptors (Lipinski definition) is 5. The van der Waals surface area contributed by atoms with Crippen LogP contribution in [0.15, 0.2) is 29.2 Å². The van der Waals surface area contributed by atoms with Crippen molar-refractivity contribution in [1.29, 1.82) is 0 Å². The van der Waals surface area contributed by atoms with E-state index in [1.807, 2.05) is 0 Å². The summed E-state index contributed by atoms with van der Waals surface area (Å²) in [6, 6.07) is 5.78. The van der Waals surface area contributed by atoms with Gasteiger partial charge in [0.2, 0.25) is 0 Å². The third-order valence-electron chi connectivity index (χ3n) is 4.84. The van der Waals surface area contributed by atoms with Gasteiger partial charge in [-0.15, -0.1) is 11.3 Å². The zero-order valence-corrected chi connectivity index (χ0v) is 16.9. The van der Waals surface area contributed by atoms with Crippen LogP contribution >= 0.6 is 11.3 Å². The minimum Gasteiger partial charge on any atom is -0.365 e. The molecule has 0 bridgehead atoms. The molecule has 0 saturated carbocycles. The molecule has 0 saturated heterocycles. The Morgan fingerprint density at radius 2 is 1.93 bits per heavy atom. The fourth-order valence-electron chi connectivity index (χ4n) is 3.26. The summed E-state index contributed by atoms with van der Waals surface area (Å²) in [6.45, 7) is 3.73. The highest BCUT2D eigenvalue weighted by molar-refractivity contribution is 7.91. The number of thiophene rings is 1. The van der Waals surface area contributed by atoms with E-state index in [0.29, 0.717) is 22.0 Å². The Bertz CT molecular complexity index is 991. The van der Waals surface area contributed by atoms with E-state index in [1.165, 1.54) is 35.6 Å². The van der Waals surface area contributed by atoms with Gasteiger partial charge in [0, 0.05) is 10.4 Å². The molecule has 1 aliphatic rings. The zero-order chi connectivity index (χ0) is 19.8. The maximum Gasteiger partial charge on any atom is 0.256 e. The summed E-state index contributed by atoms with van der Waals surface area (Å²) in [5, 5.41) is 3.25. The normalized spacial score (nSPS) is 16.6. The van der Waals surface area contributed by atoms with Crippen LogP contribution in [-0.4, -0.2) is 26.0 Å². The molecule has 0 spiro atoms. The maximum atomic E-state index is 12.6. The average Bonchev–Trinajstić information content (AvgIpc) is 2.98. The summed E-state index contributed by atoms with van der Waals surface area (Å²) < 4.78 is 23.8. The first-order chi connectivity index (χ1) is 12.7. The van der Waals surface area contributed by atoms with E-state index in [0.717, 1.165) is 29.7 Å². The van der Waals surface area contributed by atoms with Crippen LogP contribution in [0.5, 0.6) is 0 Å². The van der Waals surface area contributed by atoms with E-state index in [4.69, 9.17) is 5.73 Å². The summed E-state index contributed by atoms with van der Waals surface area (Å²) in [5.74, 6) is -0.403. The number of primary amides is 1. The first-order valence-corrected chi connectivity index (χ1v) is 11.3. The van der Waals surface area contributed by atoms with E-state index in [9.17, 15) is 18.0 Å². The molecule has 0 aliphatic heterocycles. The summed E-state index contributed by atoms with van der Waals surface area (Å²) in [6.07, 6.45) is 2.65. The molecule has 144 valence electrons. The zero-order valence-electron chi connectivity index (χ0n) is 15.2. The van der Waals surface area contributed by atoms with Gasteiger partial charge >= 0.3 is 0 Å². The van der Waals surface area contributed by atoms with Gasteiger partial charge in [-0.1, -0.05) is 13.8 Å². The number of sulfone groups is 1. The van der Waals surface area contributed by atoms with Crippen molar-refractivity contribution in [1.82, 2.24) is 0 Å². The minimum atomic E-state index is -3.32. The molecule has 0 fully saturated rings. The van der Waals surface area contributed by atoms with Crippen LogP contribution in [0.3, 0.4) is 0 Å². The van der Waals surface area contributed by atoms with E-state index < -0.39 is 21.7 Å². The quantitative estimate of drug-likeness (QED) is 0.796. The van der Waals surface area contributed by atoms with Crippen LogP contribution in [0.1, 0.15) is 51.4 Å². The first kappa shape index (κ1) is 19.6. The van der Waals surface area contributed by atoms with Gasteiger partial charge < -0.3 is 11.1 Å². The summed E-state index contributed by atoms with van der Waals surface area (Å²) in [5.41, 5.74) is 7.24. The standard InChI is InChI=1S/C19H22N2O4S2/c1-3-27(24,25)13-7-5-12(6-8-13)18(23)21-19-16(17(20)22)14-9-4-11(2)10-15(14)26-19/h5-8,11H,3-4,9-10H2,1-2H3,(H2,20,22)(H,21,23)/t11-/m0/s1. The second-order valence-corrected chi connectivity index (χ2v) is 10.2. The minimum absolute atomic E-state index is 0.000311. The van der Waals surface area contributed by atoms with Crippen LogP contribution in [0.2, 0.25) is 0 Å². The second kappa shape index (κ2) is 7.44. The predicted molar refractivity (Wildman–Crippen MR) is 106 cm³/mol. The van der Waals surface area contributed by atoms with Gasteiger partial charge in [0.05, 0.1) is 16.2 Å². The molecule has 6 nitrogen and oxygen atoms in total. The molecule has 1 aliphatic carbocycles. The highest BCUT2D eigenvalue weighted by Crippen LogP contribution is 2.39. The number of rotatable bonds is 5. The third kappa shape index (κ3) is 3.91. The monoisotopic (exact) mass is 406 g/mol. The van der Waals surface area contributed by atoms with Gasteiger partial charge in [0.25, 0.3) is 11.8 Å². The van der Waals surface area contributed by atoms with Gasteiger partial charge in [-0.05, 0) is 55.0 Å². The van der Waals surface area contributed by atoms with Gasteiger partial charge in [-0.3, -0.25) is 9.59 Å². The molecule has 1 aromatic carbocycles. The lowest BCUT2D eigenvalue weighted by Crippen LogP contribution is -2.19. The number of fused-ring (bicyclic) bond motifs is 1. The van der Waals surface area contributed by atoms with Crippen molar-refractivity contribution in [3.05, 3.63) is 45.8 Å². The number of carbonyl (C=O) groups is 2. The number of hydrogen-bond donors (Lipinski definition) is 2. The van der Waals surface area contributed by atoms with Crippen molar-refractivity contribution < 1.29 is 18.0 Å². The van der Waals surface area contributed by atoms with Crippen LogP contribution in [0.4, 0.5) is 5.00 Å². The molecule has 8 heteroatoms. The van der Waals surface area contributed by atoms with Crippen LogP contribution in [0.25, 0.3) is 0 Å². The molecule has 2 amide bonds. The lowest BCUT2D eigenvalue weighted by atomic mass is 9.88. The Kier molecular flexibility index (Phi) is 5.39. The number of amides is 2. The Balaban J connectivity index is 1.87. The number of nitrogens with two attached hydrogens (primary N) is 1. The van der Waals surface area contributed by atoms with Crippen molar-refractivity contribution in [2.75, 3.05) is 11.1 Å². The highest BCUT2D eigenvalue weighted by Gasteiger charge is 2.27. The maximum absolute atomic E-state index is 12.6. The Hall–Kier alpha value is -2.19. The highest BCUT2D eigenvalue weighted by atomic mass is 32.2. The van der Waals surface area contributed by atoms with Crippen molar-refractivity contribution in [3.63, 3.8) is 0 Å². The van der Waals surface area contributed by atoms with Gasteiger partial charge in [0.15, 0.2) is 9.84 Å². The molecule has 0 radical (unpaired) electrons. The lowest BCUT2D eigenvalue weighted by molar-refractivity contribution is 0.1000. The molecule has 1 atom stereocenters. The fourth-order valence-corrected chi connectivity index (χ4v) is 5.55. The van der Waals surface area contributed by atoms with Crippen LogP contribution < -0.4 is 11.1 Å².